The number of hydrogen-bond acceptors (Lipinski definition) is 2. The molecule has 94 valence electrons. The van der Waals surface area contributed by atoms with Crippen LogP contribution in [0.15, 0.2) is 0 Å². The van der Waals surface area contributed by atoms with Crippen LogP contribution in [0, 0.1) is 6.92 Å². The number of hydrogen-bond donors (Lipinski definition) is 0. The van der Waals surface area contributed by atoms with Gasteiger partial charge < -0.3 is 0 Å². The molecular weight excluding hydrogens is 205 g/mol. The van der Waals surface area contributed by atoms with Crippen molar-refractivity contribution in [2.75, 3.05) is 0 Å². The summed E-state index contributed by atoms with van der Waals surface area (Å²) in [4.78, 5) is 0. The molecule has 1 saturated carbocycles. The molecular formula is C12H24FN3. The first-order valence-electron chi connectivity index (χ1n) is 6.26. The molecule has 1 aliphatic rings. The second-order valence-electron chi connectivity index (χ2n) is 3.35. The first kappa shape index (κ1) is 15.1. The predicted molar refractivity (Wildman–Crippen MR) is 65.2 cm³/mol. The molecule has 0 amide bonds. The van der Waals surface area contributed by atoms with Gasteiger partial charge >= 0.3 is 0 Å². The molecule has 2 rings (SSSR count). The maximum absolute atomic E-state index is 13.1. The zero-order valence-corrected chi connectivity index (χ0v) is 11.3. The number of aromatic nitrogens is 3. The van der Waals surface area contributed by atoms with Gasteiger partial charge in [-0.3, -0.25) is 0 Å². The minimum absolute atomic E-state index is 0.416. The van der Waals surface area contributed by atoms with Gasteiger partial charge in [-0.25, -0.2) is 9.07 Å². The molecule has 1 fully saturated rings. The summed E-state index contributed by atoms with van der Waals surface area (Å²) in [6, 6.07) is 0.416. The lowest BCUT2D eigenvalue weighted by molar-refractivity contribution is 0.345. The molecule has 1 atom stereocenters. The Morgan fingerprint density at radius 2 is 1.75 bits per heavy atom. The molecule has 0 N–H and O–H groups in total. The molecule has 1 aliphatic carbocycles. The van der Waals surface area contributed by atoms with E-state index in [9.17, 15) is 4.39 Å². The Bertz CT molecular complexity index is 290. The van der Waals surface area contributed by atoms with Crippen LogP contribution in [0.4, 0.5) is 4.39 Å². The van der Waals surface area contributed by atoms with Crippen molar-refractivity contribution in [2.45, 2.75) is 66.6 Å². The predicted octanol–water partition coefficient (Wildman–Crippen LogP) is 4.00. The van der Waals surface area contributed by atoms with Crippen LogP contribution in [0.5, 0.6) is 0 Å². The summed E-state index contributed by atoms with van der Waals surface area (Å²) in [5.41, 5.74) is 1.37. The summed E-state index contributed by atoms with van der Waals surface area (Å²) in [5.74, 6) is 0. The van der Waals surface area contributed by atoms with E-state index < -0.39 is 6.17 Å². The van der Waals surface area contributed by atoms with Gasteiger partial charge in [-0.15, -0.1) is 5.10 Å². The van der Waals surface area contributed by atoms with Crippen molar-refractivity contribution >= 4 is 0 Å². The molecule has 16 heavy (non-hydrogen) atoms. The Labute approximate surface area is 98.0 Å². The molecule has 0 saturated heterocycles. The van der Waals surface area contributed by atoms with Crippen molar-refractivity contribution in [2.24, 2.45) is 0 Å². The Morgan fingerprint density at radius 3 is 2.12 bits per heavy atom. The van der Waals surface area contributed by atoms with Crippen molar-refractivity contribution in [1.29, 1.82) is 0 Å². The van der Waals surface area contributed by atoms with Gasteiger partial charge in [0.1, 0.15) is 6.17 Å². The first-order chi connectivity index (χ1) is 7.70. The highest BCUT2D eigenvalue weighted by Gasteiger charge is 2.29. The molecule has 1 aromatic rings. The molecule has 0 spiro atoms. The molecule has 1 aromatic heterocycles. The minimum Gasteiger partial charge on any atom is -0.243 e. The van der Waals surface area contributed by atoms with Gasteiger partial charge in [-0.2, -0.15) is 0 Å². The molecule has 1 unspecified atom stereocenters. The Kier molecular flexibility index (Phi) is 6.93. The molecule has 4 heteroatoms. The van der Waals surface area contributed by atoms with Gasteiger partial charge in [-0.05, 0) is 26.7 Å². The third-order valence-electron chi connectivity index (χ3n) is 2.18. The van der Waals surface area contributed by atoms with Crippen LogP contribution >= 0.6 is 0 Å². The lowest BCUT2D eigenvalue weighted by Gasteiger charge is -2.05. The maximum atomic E-state index is 13.1. The fourth-order valence-corrected chi connectivity index (χ4v) is 1.44. The van der Waals surface area contributed by atoms with E-state index in [-0.39, 0.29) is 0 Å². The van der Waals surface area contributed by atoms with E-state index in [2.05, 4.69) is 10.3 Å². The van der Waals surface area contributed by atoms with E-state index in [1.807, 2.05) is 27.7 Å². The van der Waals surface area contributed by atoms with E-state index in [0.29, 0.717) is 11.7 Å². The number of alkyl halides is 1. The van der Waals surface area contributed by atoms with Crippen LogP contribution in [0.25, 0.3) is 0 Å². The lowest BCUT2D eigenvalue weighted by Crippen LogP contribution is -2.04. The fourth-order valence-electron chi connectivity index (χ4n) is 1.44. The van der Waals surface area contributed by atoms with Gasteiger partial charge in [-0.1, -0.05) is 32.9 Å². The topological polar surface area (TPSA) is 30.7 Å². The quantitative estimate of drug-likeness (QED) is 0.767. The summed E-state index contributed by atoms with van der Waals surface area (Å²) < 4.78 is 14.8. The molecule has 1 heterocycles. The molecule has 0 bridgehead atoms. The van der Waals surface area contributed by atoms with E-state index in [4.69, 9.17) is 0 Å². The smallest absolute Gasteiger partial charge is 0.141 e. The zero-order valence-electron chi connectivity index (χ0n) is 11.3. The SMILES string of the molecule is CC.CC.Cc1nnn(C2CC2)c1C(C)F. The van der Waals surface area contributed by atoms with Crippen LogP contribution in [0.2, 0.25) is 0 Å². The van der Waals surface area contributed by atoms with Crippen molar-refractivity contribution < 1.29 is 4.39 Å². The Balaban J connectivity index is 0.000000509. The second kappa shape index (κ2) is 7.36. The van der Waals surface area contributed by atoms with Crippen LogP contribution in [0.1, 0.15) is 71.1 Å². The van der Waals surface area contributed by atoms with Crippen LogP contribution < -0.4 is 0 Å². The third-order valence-corrected chi connectivity index (χ3v) is 2.18. The first-order valence-corrected chi connectivity index (χ1v) is 6.26. The number of halogens is 1. The summed E-state index contributed by atoms with van der Waals surface area (Å²) in [7, 11) is 0. The van der Waals surface area contributed by atoms with E-state index >= 15 is 0 Å². The zero-order chi connectivity index (χ0) is 12.7. The highest BCUT2D eigenvalue weighted by Crippen LogP contribution is 2.37. The molecule has 0 aromatic carbocycles. The maximum Gasteiger partial charge on any atom is 0.141 e. The van der Waals surface area contributed by atoms with E-state index in [0.717, 1.165) is 18.5 Å². The Morgan fingerprint density at radius 1 is 1.25 bits per heavy atom. The van der Waals surface area contributed by atoms with Gasteiger partial charge in [0.2, 0.25) is 0 Å². The standard InChI is InChI=1S/C8H12FN3.2C2H6/c1-5(9)8-6(2)10-11-12(8)7-3-4-7;2*1-2/h5,7H,3-4H2,1-2H3;2*1-2H3. The lowest BCUT2D eigenvalue weighted by atomic mass is 10.2. The van der Waals surface area contributed by atoms with Crippen molar-refractivity contribution in [1.82, 2.24) is 15.0 Å². The normalized spacial score (nSPS) is 15.4. The number of rotatable bonds is 2. The van der Waals surface area contributed by atoms with Crippen LogP contribution in [0.3, 0.4) is 0 Å². The monoisotopic (exact) mass is 229 g/mol. The average molecular weight is 229 g/mol. The van der Waals surface area contributed by atoms with Crippen molar-refractivity contribution in [3.05, 3.63) is 11.4 Å². The molecule has 0 aliphatic heterocycles. The fraction of sp³-hybridized carbons (Fsp3) is 0.833. The van der Waals surface area contributed by atoms with Gasteiger partial charge in [0.15, 0.2) is 0 Å². The number of aryl methyl sites for hydroxylation is 1. The summed E-state index contributed by atoms with van der Waals surface area (Å²) >= 11 is 0. The highest BCUT2D eigenvalue weighted by molar-refractivity contribution is 5.12. The average Bonchev–Trinajstić information content (AvgIpc) is 3.07. The van der Waals surface area contributed by atoms with E-state index in [1.54, 1.807) is 11.6 Å². The Hall–Kier alpha value is -0.930. The van der Waals surface area contributed by atoms with Gasteiger partial charge in [0.05, 0.1) is 17.4 Å². The third kappa shape index (κ3) is 3.58. The molecule has 3 nitrogen and oxygen atoms in total. The van der Waals surface area contributed by atoms with Crippen LogP contribution in [-0.4, -0.2) is 15.0 Å². The second-order valence-corrected chi connectivity index (χ2v) is 3.35. The van der Waals surface area contributed by atoms with Gasteiger partial charge in [0, 0.05) is 0 Å². The van der Waals surface area contributed by atoms with Crippen molar-refractivity contribution in [3.8, 4) is 0 Å². The minimum atomic E-state index is -0.958. The summed E-state index contributed by atoms with van der Waals surface area (Å²) in [6.07, 6.45) is 1.27. The molecule has 0 radical (unpaired) electrons. The van der Waals surface area contributed by atoms with E-state index in [1.165, 1.54) is 6.92 Å². The largest absolute Gasteiger partial charge is 0.243 e. The summed E-state index contributed by atoms with van der Waals surface area (Å²) in [5, 5.41) is 7.80. The summed E-state index contributed by atoms with van der Waals surface area (Å²) in [6.45, 7) is 11.3. The van der Waals surface area contributed by atoms with Crippen LogP contribution in [-0.2, 0) is 0 Å². The number of nitrogens with zero attached hydrogens (tertiary/aromatic N) is 3. The van der Waals surface area contributed by atoms with Crippen molar-refractivity contribution in [3.63, 3.8) is 0 Å². The van der Waals surface area contributed by atoms with Gasteiger partial charge in [0.25, 0.3) is 0 Å². The highest BCUT2D eigenvalue weighted by atomic mass is 19.1.